The minimum Gasteiger partial charge on any atom is -0.396 e. The molecule has 0 spiro atoms. The minimum absolute atomic E-state index is 0.318. The molecular weight excluding hydrogens is 128 g/mol. The lowest BCUT2D eigenvalue weighted by atomic mass is 10.1. The fourth-order valence-corrected chi connectivity index (χ4v) is 1.25. The summed E-state index contributed by atoms with van der Waals surface area (Å²) in [6, 6.07) is 0.584. The first-order chi connectivity index (χ1) is 4.93. The number of nitrogens with one attached hydrogen (secondary N) is 2. The Labute approximate surface area is 61.8 Å². The van der Waals surface area contributed by atoms with Crippen LogP contribution in [0.3, 0.4) is 0 Å². The molecule has 0 aromatic rings. The Hall–Kier alpha value is -0.120. The number of aliphatic hydroxyl groups excluding tert-OH is 1. The molecule has 1 aliphatic rings. The van der Waals surface area contributed by atoms with Crippen LogP contribution < -0.4 is 10.6 Å². The highest BCUT2D eigenvalue weighted by atomic mass is 16.2. The van der Waals surface area contributed by atoms with Crippen molar-refractivity contribution in [2.75, 3.05) is 26.2 Å². The molecule has 0 saturated carbocycles. The molecule has 0 radical (unpaired) electrons. The molecule has 0 aliphatic carbocycles. The molecule has 1 fully saturated rings. The first-order valence-electron chi connectivity index (χ1n) is 3.98. The van der Waals surface area contributed by atoms with Crippen LogP contribution in [0.15, 0.2) is 0 Å². The summed E-state index contributed by atoms with van der Waals surface area (Å²) in [6.45, 7) is 3.52. The average molecular weight is 144 g/mol. The van der Waals surface area contributed by atoms with E-state index in [9.17, 15) is 0 Å². The molecule has 10 heavy (non-hydrogen) atoms. The molecule has 1 unspecified atom stereocenters. The lowest BCUT2D eigenvalue weighted by Crippen LogP contribution is -2.48. The fraction of sp³-hybridized carbons (Fsp3) is 1.00. The first-order valence-corrected chi connectivity index (χ1v) is 3.98. The minimum atomic E-state index is 0.318. The van der Waals surface area contributed by atoms with E-state index in [1.54, 1.807) is 0 Å². The first kappa shape index (κ1) is 7.98. The van der Waals surface area contributed by atoms with Gasteiger partial charge >= 0.3 is 0 Å². The fourth-order valence-electron chi connectivity index (χ4n) is 1.25. The van der Waals surface area contributed by atoms with E-state index in [-0.39, 0.29) is 0 Å². The predicted octanol–water partition coefficient (Wildman–Crippen LogP) is -0.680. The number of piperazine rings is 1. The number of aliphatic hydroxyl groups is 1. The van der Waals surface area contributed by atoms with Gasteiger partial charge in [-0.05, 0) is 12.8 Å². The van der Waals surface area contributed by atoms with E-state index in [1.807, 2.05) is 0 Å². The van der Waals surface area contributed by atoms with Crippen molar-refractivity contribution in [2.24, 2.45) is 0 Å². The van der Waals surface area contributed by atoms with Crippen LogP contribution in [0.5, 0.6) is 0 Å². The van der Waals surface area contributed by atoms with Crippen LogP contribution in [0.2, 0.25) is 0 Å². The molecule has 3 nitrogen and oxygen atoms in total. The van der Waals surface area contributed by atoms with E-state index in [0.717, 1.165) is 32.5 Å². The van der Waals surface area contributed by atoms with Crippen molar-refractivity contribution in [1.29, 1.82) is 0 Å². The van der Waals surface area contributed by atoms with E-state index in [0.29, 0.717) is 12.6 Å². The number of hydrogen-bond acceptors (Lipinski definition) is 3. The largest absolute Gasteiger partial charge is 0.396 e. The Morgan fingerprint density at radius 2 is 2.30 bits per heavy atom. The molecule has 1 rings (SSSR count). The number of rotatable bonds is 3. The maximum atomic E-state index is 8.55. The zero-order chi connectivity index (χ0) is 7.23. The van der Waals surface area contributed by atoms with Crippen LogP contribution in [0, 0.1) is 0 Å². The molecule has 1 atom stereocenters. The van der Waals surface area contributed by atoms with Gasteiger partial charge in [-0.15, -0.1) is 0 Å². The third kappa shape index (κ3) is 2.64. The molecule has 0 bridgehead atoms. The van der Waals surface area contributed by atoms with Crippen molar-refractivity contribution in [3.8, 4) is 0 Å². The van der Waals surface area contributed by atoms with Gasteiger partial charge in [0, 0.05) is 32.3 Å². The van der Waals surface area contributed by atoms with Crippen LogP contribution in [0.1, 0.15) is 12.8 Å². The van der Waals surface area contributed by atoms with Gasteiger partial charge in [0.15, 0.2) is 0 Å². The summed E-state index contributed by atoms with van der Waals surface area (Å²) in [5.74, 6) is 0. The lowest BCUT2D eigenvalue weighted by Gasteiger charge is -2.23. The molecule has 1 saturated heterocycles. The summed E-state index contributed by atoms with van der Waals surface area (Å²) in [5, 5.41) is 15.2. The van der Waals surface area contributed by atoms with Crippen molar-refractivity contribution in [1.82, 2.24) is 10.6 Å². The van der Waals surface area contributed by atoms with Crippen molar-refractivity contribution >= 4 is 0 Å². The van der Waals surface area contributed by atoms with E-state index >= 15 is 0 Å². The second-order valence-corrected chi connectivity index (χ2v) is 2.72. The standard InChI is InChI=1S/C7H16N2O/c10-5-1-2-7-6-8-3-4-9-7/h7-10H,1-6H2. The third-order valence-electron chi connectivity index (χ3n) is 1.84. The number of hydrogen-bond donors (Lipinski definition) is 3. The zero-order valence-corrected chi connectivity index (χ0v) is 6.27. The van der Waals surface area contributed by atoms with Crippen LogP contribution >= 0.6 is 0 Å². The predicted molar refractivity (Wildman–Crippen MR) is 41.0 cm³/mol. The molecule has 60 valence electrons. The van der Waals surface area contributed by atoms with Gasteiger partial charge < -0.3 is 15.7 Å². The van der Waals surface area contributed by atoms with Gasteiger partial charge in [-0.25, -0.2) is 0 Å². The van der Waals surface area contributed by atoms with E-state index < -0.39 is 0 Å². The van der Waals surface area contributed by atoms with Crippen LogP contribution in [0.4, 0.5) is 0 Å². The maximum absolute atomic E-state index is 8.55. The summed E-state index contributed by atoms with van der Waals surface area (Å²) >= 11 is 0. The maximum Gasteiger partial charge on any atom is 0.0431 e. The van der Waals surface area contributed by atoms with Gasteiger partial charge in [0.2, 0.25) is 0 Å². The lowest BCUT2D eigenvalue weighted by molar-refractivity contribution is 0.269. The molecule has 1 aliphatic heterocycles. The average Bonchev–Trinajstić information content (AvgIpc) is 2.03. The second-order valence-electron chi connectivity index (χ2n) is 2.72. The van der Waals surface area contributed by atoms with E-state index in [2.05, 4.69) is 10.6 Å². The van der Waals surface area contributed by atoms with Gasteiger partial charge in [0.05, 0.1) is 0 Å². The highest BCUT2D eigenvalue weighted by Gasteiger charge is 2.09. The van der Waals surface area contributed by atoms with Crippen molar-refractivity contribution in [2.45, 2.75) is 18.9 Å². The third-order valence-corrected chi connectivity index (χ3v) is 1.84. The summed E-state index contributed by atoms with van der Waals surface area (Å²) in [5.41, 5.74) is 0. The van der Waals surface area contributed by atoms with Crippen LogP contribution in [-0.2, 0) is 0 Å². The topological polar surface area (TPSA) is 44.3 Å². The van der Waals surface area contributed by atoms with Gasteiger partial charge in [-0.3, -0.25) is 0 Å². The highest BCUT2D eigenvalue weighted by Crippen LogP contribution is 1.96. The zero-order valence-electron chi connectivity index (χ0n) is 6.27. The Balaban J connectivity index is 2.02. The van der Waals surface area contributed by atoms with Gasteiger partial charge in [0.25, 0.3) is 0 Å². The summed E-state index contributed by atoms with van der Waals surface area (Å²) in [6.07, 6.45) is 2.00. The Bertz CT molecular complexity index is 81.7. The normalized spacial score (nSPS) is 26.7. The molecule has 0 aromatic heterocycles. The summed E-state index contributed by atoms with van der Waals surface area (Å²) < 4.78 is 0. The van der Waals surface area contributed by atoms with E-state index in [1.165, 1.54) is 0 Å². The summed E-state index contributed by atoms with van der Waals surface area (Å²) in [4.78, 5) is 0. The monoisotopic (exact) mass is 144 g/mol. The van der Waals surface area contributed by atoms with Gasteiger partial charge in [0.1, 0.15) is 0 Å². The second kappa shape index (κ2) is 4.66. The molecule has 3 N–H and O–H groups in total. The quantitative estimate of drug-likeness (QED) is 0.492. The molecule has 3 heteroatoms. The van der Waals surface area contributed by atoms with Crippen LogP contribution in [0.25, 0.3) is 0 Å². The van der Waals surface area contributed by atoms with Gasteiger partial charge in [-0.1, -0.05) is 0 Å². The molecule has 1 heterocycles. The highest BCUT2D eigenvalue weighted by molar-refractivity contribution is 4.74. The molecular formula is C7H16N2O. The van der Waals surface area contributed by atoms with Crippen molar-refractivity contribution < 1.29 is 5.11 Å². The molecule has 0 aromatic carbocycles. The van der Waals surface area contributed by atoms with Crippen molar-refractivity contribution in [3.05, 3.63) is 0 Å². The Kier molecular flexibility index (Phi) is 3.72. The van der Waals surface area contributed by atoms with Crippen molar-refractivity contribution in [3.63, 3.8) is 0 Å². The summed E-state index contributed by atoms with van der Waals surface area (Å²) in [7, 11) is 0. The smallest absolute Gasteiger partial charge is 0.0431 e. The Morgan fingerprint density at radius 3 is 2.90 bits per heavy atom. The van der Waals surface area contributed by atoms with Gasteiger partial charge in [-0.2, -0.15) is 0 Å². The Morgan fingerprint density at radius 1 is 1.40 bits per heavy atom. The SMILES string of the molecule is OCCCC1CNCCN1. The van der Waals surface area contributed by atoms with E-state index in [4.69, 9.17) is 5.11 Å². The van der Waals surface area contributed by atoms with Crippen LogP contribution in [-0.4, -0.2) is 37.4 Å². The molecule has 0 amide bonds.